The van der Waals surface area contributed by atoms with E-state index < -0.39 is 5.97 Å². The number of ether oxygens (including phenoxy) is 1. The Kier molecular flexibility index (Phi) is 5.00. The van der Waals surface area contributed by atoms with E-state index in [0.29, 0.717) is 5.70 Å². The fourth-order valence-electron chi connectivity index (χ4n) is 0.596. The van der Waals surface area contributed by atoms with Crippen molar-refractivity contribution in [1.29, 1.82) is 5.26 Å². The first-order chi connectivity index (χ1) is 5.99. The van der Waals surface area contributed by atoms with Crippen LogP contribution in [0.25, 0.3) is 0 Å². The van der Waals surface area contributed by atoms with Gasteiger partial charge in [0.25, 0.3) is 0 Å². The van der Waals surface area contributed by atoms with E-state index >= 15 is 0 Å². The second-order valence-electron chi connectivity index (χ2n) is 2.66. The second-order valence-corrected chi connectivity index (χ2v) is 3.45. The predicted molar refractivity (Wildman–Crippen MR) is 51.3 cm³/mol. The van der Waals surface area contributed by atoms with Gasteiger partial charge in [0.1, 0.15) is 10.3 Å². The van der Waals surface area contributed by atoms with Crippen LogP contribution in [-0.2, 0) is 9.53 Å². The Morgan fingerprint density at radius 3 is 2.46 bits per heavy atom. The van der Waals surface area contributed by atoms with Crippen LogP contribution in [0.2, 0.25) is 0 Å². The van der Waals surface area contributed by atoms with Crippen molar-refractivity contribution in [2.75, 3.05) is 0 Å². The monoisotopic (exact) mass is 200 g/mol. The van der Waals surface area contributed by atoms with Gasteiger partial charge in [0, 0.05) is 5.70 Å². The smallest absolute Gasteiger partial charge is 0.347 e. The molecule has 0 amide bonds. The van der Waals surface area contributed by atoms with Crippen LogP contribution >= 0.6 is 11.8 Å². The zero-order valence-electron chi connectivity index (χ0n) is 7.83. The van der Waals surface area contributed by atoms with E-state index in [2.05, 4.69) is 0 Å². The molecule has 0 aliphatic rings. The molecule has 4 nitrogen and oxygen atoms in total. The summed E-state index contributed by atoms with van der Waals surface area (Å²) >= 11 is 0.720. The standard InChI is InChI=1S/C8H12N2O2S/c1-5(2)12-8(11)7(6(3)10)13-4-9/h5H,10H2,1-3H3. The number of hydrogen-bond acceptors (Lipinski definition) is 5. The highest BCUT2D eigenvalue weighted by molar-refractivity contribution is 8.08. The second kappa shape index (κ2) is 5.49. The third kappa shape index (κ3) is 4.43. The molecule has 0 aromatic heterocycles. The summed E-state index contributed by atoms with van der Waals surface area (Å²) in [4.78, 5) is 11.4. The number of esters is 1. The molecule has 0 bridgehead atoms. The Morgan fingerprint density at radius 1 is 1.62 bits per heavy atom. The van der Waals surface area contributed by atoms with E-state index in [1.165, 1.54) is 0 Å². The minimum atomic E-state index is -0.540. The lowest BCUT2D eigenvalue weighted by molar-refractivity contribution is -0.141. The molecule has 13 heavy (non-hydrogen) atoms. The van der Waals surface area contributed by atoms with Crippen molar-refractivity contribution < 1.29 is 9.53 Å². The first-order valence-corrected chi connectivity index (χ1v) is 4.54. The third-order valence-corrected chi connectivity index (χ3v) is 1.82. The average molecular weight is 200 g/mol. The predicted octanol–water partition coefficient (Wildman–Crippen LogP) is 1.34. The molecule has 2 N–H and O–H groups in total. The average Bonchev–Trinajstić information content (AvgIpc) is 1.97. The maximum absolute atomic E-state index is 11.3. The van der Waals surface area contributed by atoms with Crippen LogP contribution in [0.3, 0.4) is 0 Å². The summed E-state index contributed by atoms with van der Waals surface area (Å²) in [7, 11) is 0. The number of nitrogens with two attached hydrogens (primary N) is 1. The molecule has 0 unspecified atom stereocenters. The van der Waals surface area contributed by atoms with Crippen molar-refractivity contribution in [2.45, 2.75) is 26.9 Å². The maximum Gasteiger partial charge on any atom is 0.347 e. The van der Waals surface area contributed by atoms with Gasteiger partial charge in [-0.3, -0.25) is 0 Å². The van der Waals surface area contributed by atoms with Crippen molar-refractivity contribution >= 4 is 17.7 Å². The Balaban J connectivity index is 4.52. The number of nitrogens with zero attached hydrogens (tertiary/aromatic N) is 1. The van der Waals surface area contributed by atoms with Gasteiger partial charge in [0.15, 0.2) is 0 Å². The molecule has 0 heterocycles. The van der Waals surface area contributed by atoms with Gasteiger partial charge in [-0.05, 0) is 32.5 Å². The Bertz CT molecular complexity index is 262. The van der Waals surface area contributed by atoms with E-state index in [-0.39, 0.29) is 11.0 Å². The summed E-state index contributed by atoms with van der Waals surface area (Å²) in [6, 6.07) is 0. The molecule has 0 radical (unpaired) electrons. The summed E-state index contributed by atoms with van der Waals surface area (Å²) in [6.45, 7) is 5.03. The maximum atomic E-state index is 11.3. The first kappa shape index (κ1) is 11.8. The highest BCUT2D eigenvalue weighted by Crippen LogP contribution is 2.18. The van der Waals surface area contributed by atoms with Gasteiger partial charge in [-0.1, -0.05) is 0 Å². The highest BCUT2D eigenvalue weighted by atomic mass is 32.2. The molecular weight excluding hydrogens is 188 g/mol. The SMILES string of the molecule is CC(N)=C(SC#N)C(=O)OC(C)C. The minimum Gasteiger partial charge on any atom is -0.459 e. The molecule has 0 aromatic carbocycles. The largest absolute Gasteiger partial charge is 0.459 e. The number of nitriles is 1. The van der Waals surface area contributed by atoms with Crippen molar-refractivity contribution in [3.05, 3.63) is 10.6 Å². The Labute approximate surface area is 81.7 Å². The van der Waals surface area contributed by atoms with E-state index in [9.17, 15) is 4.79 Å². The summed E-state index contributed by atoms with van der Waals surface area (Å²) in [5, 5.41) is 10.2. The number of rotatable bonds is 3. The quantitative estimate of drug-likeness (QED) is 0.422. The van der Waals surface area contributed by atoms with Crippen molar-refractivity contribution in [1.82, 2.24) is 0 Å². The van der Waals surface area contributed by atoms with Crippen LogP contribution in [0.15, 0.2) is 10.6 Å². The summed E-state index contributed by atoms with van der Waals surface area (Å²) in [5.74, 6) is -0.540. The van der Waals surface area contributed by atoms with Gasteiger partial charge in [0.2, 0.25) is 0 Å². The van der Waals surface area contributed by atoms with Gasteiger partial charge in [0.05, 0.1) is 6.10 Å². The lowest BCUT2D eigenvalue weighted by Gasteiger charge is -2.08. The van der Waals surface area contributed by atoms with Gasteiger partial charge in [-0.2, -0.15) is 5.26 Å². The molecule has 0 aromatic rings. The molecule has 5 heteroatoms. The fourth-order valence-corrected chi connectivity index (χ4v) is 0.980. The molecule has 0 saturated heterocycles. The lowest BCUT2D eigenvalue weighted by atomic mass is 10.4. The van der Waals surface area contributed by atoms with E-state index in [0.717, 1.165) is 11.8 Å². The third-order valence-electron chi connectivity index (χ3n) is 1.03. The highest BCUT2D eigenvalue weighted by Gasteiger charge is 2.15. The number of allylic oxidation sites excluding steroid dienone is 1. The van der Waals surface area contributed by atoms with Crippen LogP contribution in [0, 0.1) is 10.7 Å². The Morgan fingerprint density at radius 2 is 2.15 bits per heavy atom. The molecule has 0 saturated carbocycles. The van der Waals surface area contributed by atoms with E-state index in [4.69, 9.17) is 15.7 Å². The van der Waals surface area contributed by atoms with Gasteiger partial charge in [-0.25, -0.2) is 4.79 Å². The van der Waals surface area contributed by atoms with E-state index in [1.54, 1.807) is 26.2 Å². The van der Waals surface area contributed by atoms with Crippen molar-refractivity contribution in [3.8, 4) is 5.40 Å². The zero-order chi connectivity index (χ0) is 10.4. The molecule has 0 aliphatic carbocycles. The number of thioether (sulfide) groups is 1. The van der Waals surface area contributed by atoms with Crippen LogP contribution in [0.5, 0.6) is 0 Å². The summed E-state index contributed by atoms with van der Waals surface area (Å²) in [5.41, 5.74) is 5.71. The lowest BCUT2D eigenvalue weighted by Crippen LogP contribution is -2.14. The Hall–Kier alpha value is -1.15. The van der Waals surface area contributed by atoms with Crippen LogP contribution in [0.1, 0.15) is 20.8 Å². The van der Waals surface area contributed by atoms with Gasteiger partial charge in [-0.15, -0.1) is 0 Å². The topological polar surface area (TPSA) is 76.1 Å². The number of thiocyanates is 1. The van der Waals surface area contributed by atoms with Crippen LogP contribution in [0.4, 0.5) is 0 Å². The van der Waals surface area contributed by atoms with Gasteiger partial charge < -0.3 is 10.5 Å². The normalized spacial score (nSPS) is 11.9. The number of carbonyl (C=O) groups is 1. The zero-order valence-corrected chi connectivity index (χ0v) is 8.64. The molecule has 0 aliphatic heterocycles. The molecule has 0 rings (SSSR count). The van der Waals surface area contributed by atoms with E-state index in [1.807, 2.05) is 0 Å². The molecular formula is C8H12N2O2S. The minimum absolute atomic E-state index is 0.163. The fraction of sp³-hybridized carbons (Fsp3) is 0.500. The van der Waals surface area contributed by atoms with Crippen molar-refractivity contribution in [2.24, 2.45) is 5.73 Å². The van der Waals surface area contributed by atoms with Crippen LogP contribution < -0.4 is 5.73 Å². The molecule has 0 fully saturated rings. The number of hydrogen-bond donors (Lipinski definition) is 1. The summed E-state index contributed by atoms with van der Waals surface area (Å²) < 4.78 is 4.88. The number of carbonyl (C=O) groups excluding carboxylic acids is 1. The van der Waals surface area contributed by atoms with Crippen LogP contribution in [-0.4, -0.2) is 12.1 Å². The van der Waals surface area contributed by atoms with Crippen molar-refractivity contribution in [3.63, 3.8) is 0 Å². The van der Waals surface area contributed by atoms with Gasteiger partial charge >= 0.3 is 5.97 Å². The summed E-state index contributed by atoms with van der Waals surface area (Å²) in [6.07, 6.45) is -0.207. The molecule has 0 atom stereocenters. The molecule has 72 valence electrons. The molecule has 0 spiro atoms. The first-order valence-electron chi connectivity index (χ1n) is 3.72.